The minimum Gasteiger partial charge on any atom is -0.313 e. The van der Waals surface area contributed by atoms with Crippen LogP contribution in [0.25, 0.3) is 85.8 Å². The van der Waals surface area contributed by atoms with E-state index >= 15 is 0 Å². The summed E-state index contributed by atoms with van der Waals surface area (Å²) >= 11 is 3.66. The van der Waals surface area contributed by atoms with Crippen LogP contribution in [-0.4, -0.2) is 14.5 Å². The van der Waals surface area contributed by atoms with E-state index < -0.39 is 0 Å². The van der Waals surface area contributed by atoms with Gasteiger partial charge < -0.3 is 4.57 Å². The molecule has 0 bridgehead atoms. The van der Waals surface area contributed by atoms with Crippen LogP contribution in [0.5, 0.6) is 0 Å². The Balaban J connectivity index is 1.18. The average molecular weight is 612 g/mol. The van der Waals surface area contributed by atoms with E-state index in [1.54, 1.807) is 11.3 Å². The number of benzene rings is 5. The molecule has 212 valence electrons. The van der Waals surface area contributed by atoms with E-state index in [9.17, 15) is 0 Å². The summed E-state index contributed by atoms with van der Waals surface area (Å²) in [6, 6.07) is 41.5. The zero-order valence-corrected chi connectivity index (χ0v) is 25.8. The van der Waals surface area contributed by atoms with Crippen LogP contribution in [0.1, 0.15) is 17.7 Å². The maximum Gasteiger partial charge on any atom is 0.160 e. The van der Waals surface area contributed by atoms with E-state index in [-0.39, 0.29) is 0 Å². The summed E-state index contributed by atoms with van der Waals surface area (Å²) in [5.74, 6) is 0.759. The van der Waals surface area contributed by atoms with Gasteiger partial charge in [0, 0.05) is 63.7 Å². The van der Waals surface area contributed by atoms with Gasteiger partial charge in [0.25, 0.3) is 0 Å². The Morgan fingerprint density at radius 1 is 0.600 bits per heavy atom. The maximum absolute atomic E-state index is 5.19. The number of thiophene rings is 2. The molecular formula is C40H25N3S2. The first-order valence-electron chi connectivity index (χ1n) is 15.3. The second-order valence-electron chi connectivity index (χ2n) is 11.7. The monoisotopic (exact) mass is 611 g/mol. The van der Waals surface area contributed by atoms with Gasteiger partial charge in [-0.2, -0.15) is 0 Å². The van der Waals surface area contributed by atoms with Crippen molar-refractivity contribution in [3.05, 3.63) is 133 Å². The Morgan fingerprint density at radius 3 is 2.20 bits per heavy atom. The molecule has 5 aromatic carbocycles. The summed E-state index contributed by atoms with van der Waals surface area (Å²) in [5, 5.41) is 5.18. The number of fused-ring (bicyclic) bond motifs is 9. The fourth-order valence-electron chi connectivity index (χ4n) is 7.00. The van der Waals surface area contributed by atoms with E-state index in [1.165, 1.54) is 58.1 Å². The van der Waals surface area contributed by atoms with E-state index in [4.69, 9.17) is 9.97 Å². The van der Waals surface area contributed by atoms with Crippen LogP contribution in [0.15, 0.2) is 121 Å². The van der Waals surface area contributed by atoms with Crippen LogP contribution in [0, 0.1) is 0 Å². The summed E-state index contributed by atoms with van der Waals surface area (Å²) in [6.45, 7) is 0. The zero-order chi connectivity index (χ0) is 29.5. The summed E-state index contributed by atoms with van der Waals surface area (Å²) in [6.07, 6.45) is 6.74. The summed E-state index contributed by atoms with van der Waals surface area (Å²) in [4.78, 5) is 10.3. The number of hydrogen-bond acceptors (Lipinski definition) is 4. The predicted octanol–water partition coefficient (Wildman–Crippen LogP) is 11.4. The van der Waals surface area contributed by atoms with Gasteiger partial charge in [0.15, 0.2) is 5.82 Å². The lowest BCUT2D eigenvalue weighted by Gasteiger charge is -2.14. The predicted molar refractivity (Wildman–Crippen MR) is 193 cm³/mol. The highest BCUT2D eigenvalue weighted by Gasteiger charge is 2.21. The number of aromatic nitrogens is 3. The molecule has 0 N–H and O–H groups in total. The van der Waals surface area contributed by atoms with Gasteiger partial charge in [0.05, 0.1) is 21.4 Å². The Hall–Kier alpha value is -5.10. The van der Waals surface area contributed by atoms with Crippen molar-refractivity contribution < 1.29 is 0 Å². The lowest BCUT2D eigenvalue weighted by molar-refractivity contribution is 0.889. The molecule has 0 unspecified atom stereocenters. The fraction of sp³-hybridized carbons (Fsp3) is 0.0500. The average Bonchev–Trinajstić information content (AvgIpc) is 3.76. The Kier molecular flexibility index (Phi) is 5.44. The second-order valence-corrected chi connectivity index (χ2v) is 13.8. The number of rotatable bonds is 3. The van der Waals surface area contributed by atoms with E-state index in [1.807, 2.05) is 29.5 Å². The Bertz CT molecular complexity index is 2640. The molecule has 0 aliphatic heterocycles. The first-order valence-corrected chi connectivity index (χ1v) is 16.9. The summed E-state index contributed by atoms with van der Waals surface area (Å²) in [5.41, 5.74) is 9.34. The standard InChI is InChI=1S/C40H25N3S2/c1-2-10-25(11-3-1)40-41-37(39-38(42-40)29-14-6-9-17-35(29)45-39)24-18-20-26(21-19-24)43-32-15-7-4-12-27(32)30-23-36-31(22-33(30)43)28-13-5-8-16-34(28)44-36/h1-6,8-14,16-23H,7,15H2. The minimum atomic E-state index is 0.759. The molecule has 10 rings (SSSR count). The Labute approximate surface area is 267 Å². The number of hydrogen-bond donors (Lipinski definition) is 0. The first kappa shape index (κ1) is 25.2. The lowest BCUT2D eigenvalue weighted by atomic mass is 10.0. The van der Waals surface area contributed by atoms with Crippen molar-refractivity contribution in [2.75, 3.05) is 0 Å². The Morgan fingerprint density at radius 2 is 1.36 bits per heavy atom. The van der Waals surface area contributed by atoms with Crippen LogP contribution in [-0.2, 0) is 6.42 Å². The maximum atomic E-state index is 5.19. The van der Waals surface area contributed by atoms with Gasteiger partial charge >= 0.3 is 0 Å². The van der Waals surface area contributed by atoms with E-state index in [2.05, 4.69) is 114 Å². The third-order valence-corrected chi connectivity index (χ3v) is 11.4. The third kappa shape index (κ3) is 3.81. The smallest absolute Gasteiger partial charge is 0.160 e. The second kappa shape index (κ2) is 9.70. The zero-order valence-electron chi connectivity index (χ0n) is 24.2. The highest BCUT2D eigenvalue weighted by atomic mass is 32.1. The molecular weight excluding hydrogens is 587 g/mol. The highest BCUT2D eigenvalue weighted by Crippen LogP contribution is 2.42. The van der Waals surface area contributed by atoms with Crippen molar-refractivity contribution in [1.82, 2.24) is 14.5 Å². The van der Waals surface area contributed by atoms with Crippen molar-refractivity contribution >= 4 is 80.1 Å². The van der Waals surface area contributed by atoms with Crippen molar-refractivity contribution in [1.29, 1.82) is 0 Å². The molecule has 4 aromatic heterocycles. The van der Waals surface area contributed by atoms with E-state index in [0.29, 0.717) is 0 Å². The molecule has 9 aromatic rings. The molecule has 0 fully saturated rings. The molecule has 0 saturated heterocycles. The molecule has 45 heavy (non-hydrogen) atoms. The van der Waals surface area contributed by atoms with Gasteiger partial charge in [-0.3, -0.25) is 0 Å². The van der Waals surface area contributed by atoms with Crippen LogP contribution in [0.3, 0.4) is 0 Å². The molecule has 0 spiro atoms. The molecule has 1 aliphatic rings. The molecule has 3 nitrogen and oxygen atoms in total. The first-order chi connectivity index (χ1) is 22.3. The van der Waals surface area contributed by atoms with Crippen molar-refractivity contribution in [3.63, 3.8) is 0 Å². The summed E-state index contributed by atoms with van der Waals surface area (Å²) in [7, 11) is 0. The van der Waals surface area contributed by atoms with Gasteiger partial charge in [-0.25, -0.2) is 9.97 Å². The van der Waals surface area contributed by atoms with Crippen molar-refractivity contribution in [2.45, 2.75) is 12.8 Å². The van der Waals surface area contributed by atoms with Gasteiger partial charge in [0.1, 0.15) is 0 Å². The van der Waals surface area contributed by atoms with Crippen molar-refractivity contribution in [2.24, 2.45) is 0 Å². The highest BCUT2D eigenvalue weighted by molar-refractivity contribution is 7.26. The third-order valence-electron chi connectivity index (χ3n) is 9.09. The number of allylic oxidation sites excluding steroid dienone is 1. The minimum absolute atomic E-state index is 0.759. The SMILES string of the molecule is C1=Cc2c(n(-c3ccc(-c4nc(-c5ccccc5)nc5c4sc4ccccc45)cc3)c3cc4c(cc23)sc2ccccc24)CC1. The summed E-state index contributed by atoms with van der Waals surface area (Å²) < 4.78 is 7.55. The van der Waals surface area contributed by atoms with Gasteiger partial charge in [-0.1, -0.05) is 91.0 Å². The fourth-order valence-corrected chi connectivity index (χ4v) is 9.28. The normalized spacial score (nSPS) is 13.1. The van der Waals surface area contributed by atoms with Crippen LogP contribution >= 0.6 is 22.7 Å². The molecule has 1 aliphatic carbocycles. The molecule has 0 atom stereocenters. The van der Waals surface area contributed by atoms with E-state index in [0.717, 1.165) is 45.7 Å². The van der Waals surface area contributed by atoms with Crippen LogP contribution < -0.4 is 0 Å². The number of nitrogens with zero attached hydrogens (tertiary/aromatic N) is 3. The topological polar surface area (TPSA) is 30.7 Å². The molecule has 5 heteroatoms. The van der Waals surface area contributed by atoms with Crippen LogP contribution in [0.2, 0.25) is 0 Å². The quantitative estimate of drug-likeness (QED) is 0.199. The van der Waals surface area contributed by atoms with Crippen LogP contribution in [0.4, 0.5) is 0 Å². The van der Waals surface area contributed by atoms with Crippen molar-refractivity contribution in [3.8, 4) is 28.3 Å². The largest absolute Gasteiger partial charge is 0.313 e. The van der Waals surface area contributed by atoms with Gasteiger partial charge in [-0.15, -0.1) is 22.7 Å². The molecule has 0 amide bonds. The molecule has 4 heterocycles. The lowest BCUT2D eigenvalue weighted by Crippen LogP contribution is -2.03. The van der Waals surface area contributed by atoms with Gasteiger partial charge in [-0.05, 0) is 49.2 Å². The molecule has 0 radical (unpaired) electrons. The van der Waals surface area contributed by atoms with Gasteiger partial charge in [0.2, 0.25) is 0 Å². The molecule has 0 saturated carbocycles.